The van der Waals surface area contributed by atoms with Crippen LogP contribution in [0.15, 0.2) is 30.7 Å². The van der Waals surface area contributed by atoms with Crippen molar-refractivity contribution in [1.29, 1.82) is 0 Å². The van der Waals surface area contributed by atoms with Gasteiger partial charge in [-0.2, -0.15) is 10.1 Å². The number of hydrogen-bond acceptors (Lipinski definition) is 6. The van der Waals surface area contributed by atoms with Crippen molar-refractivity contribution in [3.8, 4) is 12.3 Å². The molecule has 0 radical (unpaired) electrons. The summed E-state index contributed by atoms with van der Waals surface area (Å²) in [4.78, 5) is 24.5. The van der Waals surface area contributed by atoms with E-state index in [4.69, 9.17) is 6.42 Å². The third-order valence-corrected chi connectivity index (χ3v) is 5.37. The minimum atomic E-state index is -1.50. The summed E-state index contributed by atoms with van der Waals surface area (Å²) in [7, 11) is 3.41. The van der Waals surface area contributed by atoms with Gasteiger partial charge >= 0.3 is 0 Å². The lowest BCUT2D eigenvalue weighted by Gasteiger charge is -2.37. The summed E-state index contributed by atoms with van der Waals surface area (Å²) >= 11 is 0. The lowest BCUT2D eigenvalue weighted by atomic mass is 10.1. The minimum absolute atomic E-state index is 0.0746. The second kappa shape index (κ2) is 8.82. The Hall–Kier alpha value is -4.07. The zero-order valence-electron chi connectivity index (χ0n) is 17.9. The van der Waals surface area contributed by atoms with Gasteiger partial charge in [0.1, 0.15) is 11.7 Å². The van der Waals surface area contributed by atoms with Crippen LogP contribution in [0.1, 0.15) is 17.5 Å². The SMILES string of the molecule is C#CC[C@H]1C(=O)N(C)c2cnc(NCc3cnn(Cc4cc(F)c(F)c(F)c4)c3)nc2N1C. The van der Waals surface area contributed by atoms with E-state index < -0.39 is 23.5 Å². The second-order valence-electron chi connectivity index (χ2n) is 7.61. The number of carbonyl (C=O) groups is 1. The number of anilines is 3. The first-order valence-electron chi connectivity index (χ1n) is 9.98. The van der Waals surface area contributed by atoms with E-state index in [1.54, 1.807) is 37.6 Å². The Balaban J connectivity index is 1.45. The van der Waals surface area contributed by atoms with Crippen LogP contribution in [0.2, 0.25) is 0 Å². The van der Waals surface area contributed by atoms with Gasteiger partial charge in [-0.05, 0) is 17.7 Å². The molecule has 1 atom stereocenters. The van der Waals surface area contributed by atoms with Crippen molar-refractivity contribution in [3.63, 3.8) is 0 Å². The monoisotopic (exact) mass is 455 g/mol. The Morgan fingerprint density at radius 3 is 2.58 bits per heavy atom. The van der Waals surface area contributed by atoms with Crippen LogP contribution in [0, 0.1) is 29.8 Å². The molecule has 1 aliphatic heterocycles. The van der Waals surface area contributed by atoms with Gasteiger partial charge in [-0.1, -0.05) is 0 Å². The number of nitrogens with zero attached hydrogens (tertiary/aromatic N) is 6. The van der Waals surface area contributed by atoms with Crippen LogP contribution in [0.4, 0.5) is 30.6 Å². The van der Waals surface area contributed by atoms with Gasteiger partial charge in [0.05, 0.1) is 18.9 Å². The predicted molar refractivity (Wildman–Crippen MR) is 116 cm³/mol. The van der Waals surface area contributed by atoms with Crippen LogP contribution < -0.4 is 15.1 Å². The van der Waals surface area contributed by atoms with E-state index >= 15 is 0 Å². The second-order valence-corrected chi connectivity index (χ2v) is 7.61. The molecule has 2 aromatic heterocycles. The molecule has 0 bridgehead atoms. The Morgan fingerprint density at radius 1 is 1.15 bits per heavy atom. The van der Waals surface area contributed by atoms with Gasteiger partial charge < -0.3 is 15.1 Å². The molecule has 1 N–H and O–H groups in total. The fourth-order valence-corrected chi connectivity index (χ4v) is 3.59. The fourth-order valence-electron chi connectivity index (χ4n) is 3.59. The van der Waals surface area contributed by atoms with Crippen LogP contribution in [-0.4, -0.2) is 45.8 Å². The molecule has 1 aromatic carbocycles. The van der Waals surface area contributed by atoms with Crippen LogP contribution in [-0.2, 0) is 17.9 Å². The molecule has 8 nitrogen and oxygen atoms in total. The first-order valence-corrected chi connectivity index (χ1v) is 9.98. The number of halogens is 3. The quantitative estimate of drug-likeness (QED) is 0.455. The number of fused-ring (bicyclic) bond motifs is 1. The summed E-state index contributed by atoms with van der Waals surface area (Å²) in [5, 5.41) is 7.25. The van der Waals surface area contributed by atoms with Gasteiger partial charge in [0.15, 0.2) is 23.3 Å². The zero-order chi connectivity index (χ0) is 23.7. The Bertz CT molecular complexity index is 1230. The number of likely N-dealkylation sites (N-methyl/N-ethyl adjacent to an activating group) is 2. The number of carbonyl (C=O) groups excluding carboxylic acids is 1. The topological polar surface area (TPSA) is 79.2 Å². The molecule has 1 amide bonds. The Labute approximate surface area is 188 Å². The molecule has 0 aliphatic carbocycles. The first kappa shape index (κ1) is 22.1. The molecule has 3 heterocycles. The van der Waals surface area contributed by atoms with Crippen LogP contribution in [0.5, 0.6) is 0 Å². The molecule has 0 unspecified atom stereocenters. The summed E-state index contributed by atoms with van der Waals surface area (Å²) in [6.45, 7) is 0.405. The highest BCUT2D eigenvalue weighted by Gasteiger charge is 2.35. The number of benzene rings is 1. The largest absolute Gasteiger partial charge is 0.350 e. The summed E-state index contributed by atoms with van der Waals surface area (Å²) < 4.78 is 41.4. The lowest BCUT2D eigenvalue weighted by molar-refractivity contribution is -0.119. The summed E-state index contributed by atoms with van der Waals surface area (Å²) in [5.74, 6) is -0.671. The number of rotatable bonds is 6. The van der Waals surface area contributed by atoms with E-state index in [-0.39, 0.29) is 24.4 Å². The maximum atomic E-state index is 13.4. The van der Waals surface area contributed by atoms with Gasteiger partial charge in [0, 0.05) is 38.8 Å². The average Bonchev–Trinajstić information content (AvgIpc) is 3.24. The van der Waals surface area contributed by atoms with Crippen molar-refractivity contribution >= 4 is 23.4 Å². The van der Waals surface area contributed by atoms with Crippen molar-refractivity contribution < 1.29 is 18.0 Å². The highest BCUT2D eigenvalue weighted by Crippen LogP contribution is 2.33. The third kappa shape index (κ3) is 4.32. The number of aromatic nitrogens is 4. The van der Waals surface area contributed by atoms with Crippen LogP contribution in [0.3, 0.4) is 0 Å². The van der Waals surface area contributed by atoms with E-state index in [1.165, 1.54) is 9.58 Å². The van der Waals surface area contributed by atoms with Gasteiger partial charge in [-0.25, -0.2) is 18.2 Å². The Kier molecular flexibility index (Phi) is 5.91. The van der Waals surface area contributed by atoms with Gasteiger partial charge in [0.25, 0.3) is 5.91 Å². The van der Waals surface area contributed by atoms with Gasteiger partial charge in [0.2, 0.25) is 5.95 Å². The molecule has 1 aliphatic rings. The fraction of sp³-hybridized carbons (Fsp3) is 0.273. The number of hydrogen-bond donors (Lipinski definition) is 1. The highest BCUT2D eigenvalue weighted by atomic mass is 19.2. The molecule has 11 heteroatoms. The molecule has 0 saturated heterocycles. The van der Waals surface area contributed by atoms with Crippen molar-refractivity contribution in [2.24, 2.45) is 0 Å². The molecule has 170 valence electrons. The summed E-state index contributed by atoms with van der Waals surface area (Å²) in [6, 6.07) is 1.37. The molecule has 0 fully saturated rings. The molecular formula is C22H20F3N7O. The number of amides is 1. The molecule has 4 rings (SSSR count). The van der Waals surface area contributed by atoms with Crippen LogP contribution >= 0.6 is 0 Å². The standard InChI is InChI=1S/C22H20F3N7O/c1-4-5-17-21(33)31(3)18-10-27-22(29-20(18)30(17)2)26-8-14-9-28-32(12-14)11-13-6-15(23)19(25)16(24)7-13/h1,6-7,9-10,12,17H,5,8,11H2,2-3H3,(H,26,27,29)/t17-/m0/s1. The maximum absolute atomic E-state index is 13.4. The van der Waals surface area contributed by atoms with E-state index in [1.807, 2.05) is 0 Å². The van der Waals surface area contributed by atoms with E-state index in [0.29, 0.717) is 24.0 Å². The van der Waals surface area contributed by atoms with Crippen LogP contribution in [0.25, 0.3) is 0 Å². The highest BCUT2D eigenvalue weighted by molar-refractivity contribution is 6.04. The molecule has 3 aromatic rings. The predicted octanol–water partition coefficient (Wildman–Crippen LogP) is 2.56. The number of terminal acetylenes is 1. The van der Waals surface area contributed by atoms with E-state index in [0.717, 1.165) is 17.7 Å². The molecule has 0 saturated carbocycles. The zero-order valence-corrected chi connectivity index (χ0v) is 17.9. The van der Waals surface area contributed by atoms with Gasteiger partial charge in [-0.15, -0.1) is 12.3 Å². The van der Waals surface area contributed by atoms with Crippen molar-refractivity contribution in [2.75, 3.05) is 29.2 Å². The number of nitrogens with one attached hydrogen (secondary N) is 1. The lowest BCUT2D eigenvalue weighted by Crippen LogP contribution is -2.51. The summed E-state index contributed by atoms with van der Waals surface area (Å²) in [5.41, 5.74) is 1.59. The van der Waals surface area contributed by atoms with Crippen molar-refractivity contribution in [1.82, 2.24) is 19.7 Å². The molecule has 0 spiro atoms. The minimum Gasteiger partial charge on any atom is -0.350 e. The smallest absolute Gasteiger partial charge is 0.250 e. The van der Waals surface area contributed by atoms with E-state index in [2.05, 4.69) is 26.3 Å². The Morgan fingerprint density at radius 2 is 1.88 bits per heavy atom. The normalized spacial score (nSPS) is 15.4. The van der Waals surface area contributed by atoms with Gasteiger partial charge in [-0.3, -0.25) is 9.48 Å². The summed E-state index contributed by atoms with van der Waals surface area (Å²) in [6.07, 6.45) is 10.5. The molecule has 33 heavy (non-hydrogen) atoms. The third-order valence-electron chi connectivity index (χ3n) is 5.37. The van der Waals surface area contributed by atoms with Crippen molar-refractivity contribution in [2.45, 2.75) is 25.6 Å². The maximum Gasteiger partial charge on any atom is 0.250 e. The van der Waals surface area contributed by atoms with E-state index in [9.17, 15) is 18.0 Å². The first-order chi connectivity index (χ1) is 15.8. The van der Waals surface area contributed by atoms with Crippen molar-refractivity contribution in [3.05, 3.63) is 59.3 Å². The average molecular weight is 455 g/mol. The molecular weight excluding hydrogens is 435 g/mol.